The summed E-state index contributed by atoms with van der Waals surface area (Å²) >= 11 is 0. The van der Waals surface area contributed by atoms with E-state index < -0.39 is 5.41 Å². The SMILES string of the molecule is CCC1(c2cccc(-c3cnc(C)n3C)c2)C2=CN=NC2NC2=C1C(=O)CC(C)(C)C2. The maximum absolute atomic E-state index is 13.6. The number of rotatable bonds is 3. The first-order valence-corrected chi connectivity index (χ1v) is 11.0. The Labute approximate surface area is 183 Å². The van der Waals surface area contributed by atoms with Crippen LogP contribution in [0.1, 0.15) is 51.4 Å². The van der Waals surface area contributed by atoms with E-state index in [1.807, 2.05) is 26.4 Å². The fourth-order valence-electron chi connectivity index (χ4n) is 5.60. The van der Waals surface area contributed by atoms with E-state index in [2.05, 4.69) is 70.1 Å². The van der Waals surface area contributed by atoms with Crippen LogP contribution in [0.5, 0.6) is 0 Å². The predicted molar refractivity (Wildman–Crippen MR) is 120 cm³/mol. The zero-order valence-corrected chi connectivity index (χ0v) is 18.9. The third-order valence-corrected chi connectivity index (χ3v) is 7.18. The largest absolute Gasteiger partial charge is 0.362 e. The lowest BCUT2D eigenvalue weighted by atomic mass is 9.58. The van der Waals surface area contributed by atoms with Gasteiger partial charge in [-0.3, -0.25) is 4.79 Å². The molecule has 0 saturated heterocycles. The third kappa shape index (κ3) is 2.84. The molecule has 1 aliphatic carbocycles. The summed E-state index contributed by atoms with van der Waals surface area (Å²) in [5.41, 5.74) is 5.71. The molecule has 0 fully saturated rings. The number of hydrogen-bond acceptors (Lipinski definition) is 5. The lowest BCUT2D eigenvalue weighted by molar-refractivity contribution is -0.119. The van der Waals surface area contributed by atoms with Crippen molar-refractivity contribution in [2.75, 3.05) is 0 Å². The lowest BCUT2D eigenvalue weighted by Gasteiger charge is -2.47. The summed E-state index contributed by atoms with van der Waals surface area (Å²) in [6.07, 6.45) is 5.75. The van der Waals surface area contributed by atoms with Gasteiger partial charge in [-0.25, -0.2) is 4.98 Å². The Morgan fingerprint density at radius 1 is 1.26 bits per heavy atom. The van der Waals surface area contributed by atoms with E-state index in [0.29, 0.717) is 6.42 Å². The van der Waals surface area contributed by atoms with Crippen molar-refractivity contribution >= 4 is 5.78 Å². The Hall–Kier alpha value is -3.02. The quantitative estimate of drug-likeness (QED) is 0.770. The molecule has 6 heteroatoms. The van der Waals surface area contributed by atoms with E-state index in [1.165, 1.54) is 0 Å². The Morgan fingerprint density at radius 3 is 2.77 bits per heavy atom. The van der Waals surface area contributed by atoms with E-state index in [-0.39, 0.29) is 17.4 Å². The maximum Gasteiger partial charge on any atom is 0.164 e. The first-order valence-electron chi connectivity index (χ1n) is 11.0. The number of carbonyl (C=O) groups excluding carboxylic acids is 1. The fraction of sp³-hybridized carbons (Fsp3) is 0.440. The van der Waals surface area contributed by atoms with Crippen LogP contribution in [0.2, 0.25) is 0 Å². The molecule has 6 nitrogen and oxygen atoms in total. The summed E-state index contributed by atoms with van der Waals surface area (Å²) in [5.74, 6) is 1.20. The highest BCUT2D eigenvalue weighted by Gasteiger charge is 2.52. The van der Waals surface area contributed by atoms with Gasteiger partial charge in [-0.15, -0.1) is 0 Å². The Balaban J connectivity index is 1.74. The second-order valence-electron chi connectivity index (χ2n) is 9.75. The molecule has 0 radical (unpaired) electrons. The number of nitrogens with one attached hydrogen (secondary N) is 1. The highest BCUT2D eigenvalue weighted by molar-refractivity contribution is 6.01. The zero-order valence-electron chi connectivity index (χ0n) is 18.9. The van der Waals surface area contributed by atoms with Crippen molar-refractivity contribution in [3.63, 3.8) is 0 Å². The number of nitrogens with zero attached hydrogens (tertiary/aromatic N) is 4. The molecule has 2 aliphatic heterocycles. The van der Waals surface area contributed by atoms with E-state index in [4.69, 9.17) is 0 Å². The molecule has 5 rings (SSSR count). The molecule has 1 aromatic heterocycles. The first-order chi connectivity index (χ1) is 14.8. The number of imidazole rings is 1. The fourth-order valence-corrected chi connectivity index (χ4v) is 5.60. The van der Waals surface area contributed by atoms with Crippen molar-refractivity contribution in [3.8, 4) is 11.3 Å². The van der Waals surface area contributed by atoms with Crippen molar-refractivity contribution in [2.24, 2.45) is 22.7 Å². The summed E-state index contributed by atoms with van der Waals surface area (Å²) in [7, 11) is 2.03. The minimum atomic E-state index is -0.522. The van der Waals surface area contributed by atoms with Gasteiger partial charge in [-0.2, -0.15) is 10.2 Å². The minimum Gasteiger partial charge on any atom is -0.362 e. The van der Waals surface area contributed by atoms with Gasteiger partial charge in [0, 0.05) is 35.9 Å². The molecule has 3 heterocycles. The molecular weight excluding hydrogens is 386 g/mol. The van der Waals surface area contributed by atoms with Gasteiger partial charge in [0.25, 0.3) is 0 Å². The molecule has 0 saturated carbocycles. The minimum absolute atomic E-state index is 0.0621. The third-order valence-electron chi connectivity index (χ3n) is 7.18. The highest BCUT2D eigenvalue weighted by atomic mass is 16.1. The summed E-state index contributed by atoms with van der Waals surface area (Å²) in [4.78, 5) is 18.1. The summed E-state index contributed by atoms with van der Waals surface area (Å²) in [6.45, 7) is 8.50. The standard InChI is InChI=1S/C25H29N5O/c1-6-25(17-9-7-8-16(10-17)20-14-26-15(2)30(20)5)18-13-27-29-23(18)28-19-11-24(3,4)12-21(31)22(19)25/h7-10,13-14,23,28H,6,11-12H2,1-5H3. The van der Waals surface area contributed by atoms with Gasteiger partial charge in [0.1, 0.15) is 5.82 Å². The van der Waals surface area contributed by atoms with Crippen LogP contribution in [0.15, 0.2) is 63.7 Å². The smallest absolute Gasteiger partial charge is 0.164 e. The van der Waals surface area contributed by atoms with Crippen LogP contribution >= 0.6 is 0 Å². The number of allylic oxidation sites excluding steroid dienone is 2. The van der Waals surface area contributed by atoms with Crippen LogP contribution < -0.4 is 5.32 Å². The van der Waals surface area contributed by atoms with Crippen molar-refractivity contribution in [2.45, 2.75) is 58.5 Å². The molecule has 0 bridgehead atoms. The van der Waals surface area contributed by atoms with Crippen LogP contribution in [-0.4, -0.2) is 21.5 Å². The molecule has 2 atom stereocenters. The normalized spacial score (nSPS) is 26.4. The molecule has 0 amide bonds. The number of fused-ring (bicyclic) bond motifs is 1. The molecule has 3 aliphatic rings. The van der Waals surface area contributed by atoms with Crippen molar-refractivity contribution in [3.05, 3.63) is 64.9 Å². The number of carbonyl (C=O) groups is 1. The average Bonchev–Trinajstić information content (AvgIpc) is 3.32. The molecule has 1 N–H and O–H groups in total. The first kappa shape index (κ1) is 19.9. The molecule has 2 aromatic rings. The monoisotopic (exact) mass is 415 g/mol. The van der Waals surface area contributed by atoms with Crippen molar-refractivity contribution < 1.29 is 4.79 Å². The topological polar surface area (TPSA) is 71.6 Å². The van der Waals surface area contributed by atoms with Crippen LogP contribution in [0.25, 0.3) is 11.3 Å². The summed E-state index contributed by atoms with van der Waals surface area (Å²) < 4.78 is 2.10. The Bertz CT molecular complexity index is 1180. The number of hydrogen-bond donors (Lipinski definition) is 1. The Kier molecular flexibility index (Phi) is 4.33. The van der Waals surface area contributed by atoms with Crippen molar-refractivity contribution in [1.29, 1.82) is 0 Å². The number of benzene rings is 1. The highest BCUT2D eigenvalue weighted by Crippen LogP contribution is 2.53. The Morgan fingerprint density at radius 2 is 2.06 bits per heavy atom. The van der Waals surface area contributed by atoms with E-state index in [0.717, 1.165) is 52.3 Å². The lowest BCUT2D eigenvalue weighted by Crippen LogP contribution is -2.51. The van der Waals surface area contributed by atoms with Crippen LogP contribution in [0.3, 0.4) is 0 Å². The van der Waals surface area contributed by atoms with E-state index >= 15 is 0 Å². The maximum atomic E-state index is 13.6. The molecule has 1 aromatic carbocycles. The van der Waals surface area contributed by atoms with Crippen LogP contribution in [-0.2, 0) is 17.3 Å². The van der Waals surface area contributed by atoms with Gasteiger partial charge in [-0.05, 0) is 36.8 Å². The zero-order chi connectivity index (χ0) is 22.0. The van der Waals surface area contributed by atoms with Gasteiger partial charge in [0.2, 0.25) is 0 Å². The predicted octanol–water partition coefficient (Wildman–Crippen LogP) is 4.97. The number of aromatic nitrogens is 2. The summed E-state index contributed by atoms with van der Waals surface area (Å²) in [5, 5.41) is 12.2. The molecule has 160 valence electrons. The summed E-state index contributed by atoms with van der Waals surface area (Å²) in [6, 6.07) is 8.57. The molecule has 2 unspecified atom stereocenters. The molecular formula is C25H29N5O. The number of azo groups is 1. The number of Topliss-reactive ketones (excluding diaryl/α,β-unsaturated/α-hetero) is 1. The van der Waals surface area contributed by atoms with E-state index in [1.54, 1.807) is 0 Å². The molecule has 31 heavy (non-hydrogen) atoms. The van der Waals surface area contributed by atoms with Crippen molar-refractivity contribution in [1.82, 2.24) is 14.9 Å². The molecule has 0 spiro atoms. The van der Waals surface area contributed by atoms with Gasteiger partial charge < -0.3 is 9.88 Å². The van der Waals surface area contributed by atoms with Gasteiger partial charge in [-0.1, -0.05) is 39.0 Å². The average molecular weight is 416 g/mol. The van der Waals surface area contributed by atoms with Crippen LogP contribution in [0, 0.1) is 12.3 Å². The van der Waals surface area contributed by atoms with Gasteiger partial charge >= 0.3 is 0 Å². The van der Waals surface area contributed by atoms with Crippen LogP contribution in [0.4, 0.5) is 0 Å². The second kappa shape index (κ2) is 6.74. The van der Waals surface area contributed by atoms with E-state index in [9.17, 15) is 4.79 Å². The number of aryl methyl sites for hydroxylation is 1. The second-order valence-corrected chi connectivity index (χ2v) is 9.75. The van der Waals surface area contributed by atoms with Gasteiger partial charge in [0.05, 0.1) is 23.5 Å². The van der Waals surface area contributed by atoms with Gasteiger partial charge in [0.15, 0.2) is 11.9 Å². The number of ketones is 1.